The van der Waals surface area contributed by atoms with E-state index in [0.717, 1.165) is 29.0 Å². The molecule has 42 heavy (non-hydrogen) atoms. The summed E-state index contributed by atoms with van der Waals surface area (Å²) in [6.07, 6.45) is 6.67. The summed E-state index contributed by atoms with van der Waals surface area (Å²) in [7, 11) is 3.19. The van der Waals surface area contributed by atoms with Gasteiger partial charge in [0.05, 0.1) is 37.6 Å². The number of hydrogen-bond acceptors (Lipinski definition) is 7. The summed E-state index contributed by atoms with van der Waals surface area (Å²) in [5, 5.41) is 13.6. The molecule has 3 amide bonds. The van der Waals surface area contributed by atoms with E-state index in [4.69, 9.17) is 14.6 Å². The standard InChI is InChI=1S/C32H37N5O5/c1-19-17-29(39)34-35-30(19)21-10-13-23(14-11-21)33-28(38)16-9-20(2)37-32(40)25-8-6-5-7-24(25)31(36-37)22-12-15-26(41-3)27(18-22)42-4/h5-6,10-15,18-20,24-25H,7-9,16-17H2,1-4H3,(H,33,38)(H,34,39)/t19?,20?,24-,25+/m1/s1. The first kappa shape index (κ1) is 29.0. The molecule has 0 saturated heterocycles. The fourth-order valence-electron chi connectivity index (χ4n) is 5.79. The number of allylic oxidation sites excluding steroid dienone is 2. The molecule has 0 fully saturated rings. The lowest BCUT2D eigenvalue weighted by atomic mass is 9.76. The summed E-state index contributed by atoms with van der Waals surface area (Å²) in [5.74, 6) is 0.803. The maximum absolute atomic E-state index is 13.5. The number of carbonyl (C=O) groups excluding carboxylic acids is 3. The van der Waals surface area contributed by atoms with Crippen molar-refractivity contribution in [2.45, 2.75) is 52.0 Å². The number of carbonyl (C=O) groups is 3. The van der Waals surface area contributed by atoms with E-state index < -0.39 is 0 Å². The van der Waals surface area contributed by atoms with Gasteiger partial charge >= 0.3 is 0 Å². The second-order valence-corrected chi connectivity index (χ2v) is 11.0. The highest BCUT2D eigenvalue weighted by Gasteiger charge is 2.41. The Kier molecular flexibility index (Phi) is 8.70. The fourth-order valence-corrected chi connectivity index (χ4v) is 5.79. The fraction of sp³-hybridized carbons (Fsp3) is 0.406. The monoisotopic (exact) mass is 571 g/mol. The molecule has 0 spiro atoms. The maximum Gasteiger partial charge on any atom is 0.247 e. The number of fused-ring (bicyclic) bond motifs is 1. The number of nitrogens with one attached hydrogen (secondary N) is 2. The molecule has 5 rings (SSSR count). The third-order valence-corrected chi connectivity index (χ3v) is 8.15. The molecule has 220 valence electrons. The zero-order valence-corrected chi connectivity index (χ0v) is 24.4. The van der Waals surface area contributed by atoms with Crippen LogP contribution in [0.1, 0.15) is 57.1 Å². The molecule has 10 heteroatoms. The molecule has 3 aliphatic rings. The van der Waals surface area contributed by atoms with Crippen molar-refractivity contribution in [1.82, 2.24) is 10.4 Å². The molecule has 2 aliphatic heterocycles. The largest absolute Gasteiger partial charge is 0.493 e. The molecule has 1 aliphatic carbocycles. The van der Waals surface area contributed by atoms with Crippen LogP contribution in [0.25, 0.3) is 0 Å². The minimum absolute atomic E-state index is 0.00637. The van der Waals surface area contributed by atoms with Crippen LogP contribution in [0, 0.1) is 17.8 Å². The lowest BCUT2D eigenvalue weighted by molar-refractivity contribution is -0.140. The third kappa shape index (κ3) is 6.07. The lowest BCUT2D eigenvalue weighted by Gasteiger charge is -2.39. The van der Waals surface area contributed by atoms with Crippen LogP contribution in [0.5, 0.6) is 11.5 Å². The summed E-state index contributed by atoms with van der Waals surface area (Å²) in [4.78, 5) is 37.9. The normalized spacial score (nSPS) is 22.4. The Balaban J connectivity index is 1.26. The predicted molar refractivity (Wildman–Crippen MR) is 161 cm³/mol. The third-order valence-electron chi connectivity index (χ3n) is 8.15. The van der Waals surface area contributed by atoms with E-state index in [1.807, 2.05) is 56.3 Å². The van der Waals surface area contributed by atoms with E-state index >= 15 is 0 Å². The van der Waals surface area contributed by atoms with Crippen LogP contribution in [-0.2, 0) is 14.4 Å². The van der Waals surface area contributed by atoms with Gasteiger partial charge in [0.1, 0.15) is 0 Å². The Bertz CT molecular complexity index is 1450. The smallest absolute Gasteiger partial charge is 0.247 e. The molecule has 2 N–H and O–H groups in total. The van der Waals surface area contributed by atoms with Crippen molar-refractivity contribution < 1.29 is 23.9 Å². The number of amides is 3. The van der Waals surface area contributed by atoms with Gasteiger partial charge in [-0.1, -0.05) is 31.2 Å². The van der Waals surface area contributed by atoms with Gasteiger partial charge in [0.2, 0.25) is 17.7 Å². The van der Waals surface area contributed by atoms with Gasteiger partial charge < -0.3 is 14.8 Å². The minimum Gasteiger partial charge on any atom is -0.493 e. The molecule has 2 aromatic rings. The quantitative estimate of drug-likeness (QED) is 0.429. The molecule has 2 unspecified atom stereocenters. The van der Waals surface area contributed by atoms with Crippen LogP contribution < -0.4 is 20.2 Å². The van der Waals surface area contributed by atoms with Crippen molar-refractivity contribution in [2.75, 3.05) is 19.5 Å². The summed E-state index contributed by atoms with van der Waals surface area (Å²) in [6, 6.07) is 12.9. The Morgan fingerprint density at radius 3 is 2.38 bits per heavy atom. The second kappa shape index (κ2) is 12.6. The zero-order valence-electron chi connectivity index (χ0n) is 24.4. The number of hydrogen-bond donors (Lipinski definition) is 2. The molecule has 0 saturated carbocycles. The number of methoxy groups -OCH3 is 2. The molecular formula is C32H37N5O5. The van der Waals surface area contributed by atoms with Gasteiger partial charge in [-0.25, -0.2) is 10.4 Å². The first-order valence-corrected chi connectivity index (χ1v) is 14.3. The van der Waals surface area contributed by atoms with Crippen molar-refractivity contribution in [3.05, 3.63) is 65.7 Å². The lowest BCUT2D eigenvalue weighted by Crippen LogP contribution is -2.48. The van der Waals surface area contributed by atoms with Crippen LogP contribution in [0.15, 0.2) is 64.8 Å². The Morgan fingerprint density at radius 1 is 1.00 bits per heavy atom. The van der Waals surface area contributed by atoms with Crippen molar-refractivity contribution >= 4 is 34.8 Å². The highest BCUT2D eigenvalue weighted by atomic mass is 16.5. The molecule has 10 nitrogen and oxygen atoms in total. The highest BCUT2D eigenvalue weighted by molar-refractivity contribution is 6.07. The van der Waals surface area contributed by atoms with Crippen LogP contribution in [0.3, 0.4) is 0 Å². The van der Waals surface area contributed by atoms with E-state index in [2.05, 4.69) is 28.0 Å². The van der Waals surface area contributed by atoms with Crippen molar-refractivity contribution in [3.8, 4) is 11.5 Å². The van der Waals surface area contributed by atoms with Gasteiger partial charge in [0, 0.05) is 35.9 Å². The molecule has 0 radical (unpaired) electrons. The summed E-state index contributed by atoms with van der Waals surface area (Å²) < 4.78 is 10.9. The highest BCUT2D eigenvalue weighted by Crippen LogP contribution is 2.37. The second-order valence-electron chi connectivity index (χ2n) is 11.0. The van der Waals surface area contributed by atoms with E-state index in [1.54, 1.807) is 19.2 Å². The number of anilines is 1. The number of rotatable bonds is 9. The van der Waals surface area contributed by atoms with Crippen molar-refractivity contribution in [2.24, 2.45) is 28.0 Å². The van der Waals surface area contributed by atoms with Gasteiger partial charge in [0.25, 0.3) is 0 Å². The number of hydrazone groups is 2. The summed E-state index contributed by atoms with van der Waals surface area (Å²) in [5.41, 5.74) is 6.65. The van der Waals surface area contributed by atoms with Crippen LogP contribution in [0.2, 0.25) is 0 Å². The minimum atomic E-state index is -0.270. The van der Waals surface area contributed by atoms with E-state index in [-0.39, 0.29) is 47.9 Å². The molecule has 0 bridgehead atoms. The van der Waals surface area contributed by atoms with Crippen LogP contribution >= 0.6 is 0 Å². The van der Waals surface area contributed by atoms with Crippen LogP contribution in [0.4, 0.5) is 5.69 Å². The van der Waals surface area contributed by atoms with E-state index in [1.165, 1.54) is 0 Å². The maximum atomic E-state index is 13.5. The topological polar surface area (TPSA) is 122 Å². The Labute approximate surface area is 245 Å². The SMILES string of the molecule is COc1ccc(C2=NN(C(C)CCC(=O)Nc3ccc(C4=NNC(=O)CC4C)cc3)C(=O)[C@H]3CC=CC[C@@H]23)cc1OC. The predicted octanol–water partition coefficient (Wildman–Crippen LogP) is 4.50. The van der Waals surface area contributed by atoms with Crippen LogP contribution in [-0.4, -0.2) is 54.4 Å². The average molecular weight is 572 g/mol. The Morgan fingerprint density at radius 2 is 1.69 bits per heavy atom. The first-order valence-electron chi connectivity index (χ1n) is 14.3. The van der Waals surface area contributed by atoms with Gasteiger partial charge in [0.15, 0.2) is 11.5 Å². The number of ether oxygens (including phenoxy) is 2. The van der Waals surface area contributed by atoms with Crippen molar-refractivity contribution in [1.29, 1.82) is 0 Å². The molecule has 2 aromatic carbocycles. The average Bonchev–Trinajstić information content (AvgIpc) is 3.00. The molecular weight excluding hydrogens is 534 g/mol. The van der Waals surface area contributed by atoms with Gasteiger partial charge in [-0.15, -0.1) is 0 Å². The number of nitrogens with zero attached hydrogens (tertiary/aromatic N) is 3. The van der Waals surface area contributed by atoms with Crippen molar-refractivity contribution in [3.63, 3.8) is 0 Å². The molecule has 2 heterocycles. The van der Waals surface area contributed by atoms with Gasteiger partial charge in [-0.2, -0.15) is 10.2 Å². The summed E-state index contributed by atoms with van der Waals surface area (Å²) in [6.45, 7) is 3.90. The number of benzene rings is 2. The zero-order chi connectivity index (χ0) is 29.8. The van der Waals surface area contributed by atoms with Gasteiger partial charge in [-0.05, 0) is 62.1 Å². The molecule has 0 aromatic heterocycles. The summed E-state index contributed by atoms with van der Waals surface area (Å²) >= 11 is 0. The van der Waals surface area contributed by atoms with E-state index in [9.17, 15) is 14.4 Å². The molecule has 4 atom stereocenters. The van der Waals surface area contributed by atoms with E-state index in [0.29, 0.717) is 36.4 Å². The first-order chi connectivity index (χ1) is 20.3. The van der Waals surface area contributed by atoms with Gasteiger partial charge in [-0.3, -0.25) is 14.4 Å². The Hall–Kier alpha value is -4.47.